The molecular weight excluding hydrogens is 2030 g/mol. The fourth-order valence-electron chi connectivity index (χ4n) is 8.63. The van der Waals surface area contributed by atoms with Gasteiger partial charge >= 0.3 is 144 Å². The zero-order valence-corrected chi connectivity index (χ0v) is 69.7. The highest BCUT2D eigenvalue weighted by atomic mass is 19.5. The summed E-state index contributed by atoms with van der Waals surface area (Å²) in [5.74, 6) is -125. The third kappa shape index (κ3) is 32.3. The summed E-state index contributed by atoms with van der Waals surface area (Å²) in [6, 6.07) is 0. The van der Waals surface area contributed by atoms with Crippen molar-refractivity contribution in [3.8, 4) is 0 Å². The van der Waals surface area contributed by atoms with Crippen molar-refractivity contribution in [1.82, 2.24) is 29.4 Å². The van der Waals surface area contributed by atoms with Crippen molar-refractivity contribution in [3.05, 3.63) is 74.4 Å². The molecule has 135 heavy (non-hydrogen) atoms. The highest BCUT2D eigenvalue weighted by molar-refractivity contribution is 5.93. The molecular formula is C69H78F54N6O6. The number of unbranched alkanes of at least 4 members (excludes halogenated alkanes) is 2. The topological polar surface area (TPSA) is 122 Å². The largest absolute Gasteiger partial charge is 0.460 e. The number of carbonyl (C=O) groups is 6. The van der Waals surface area contributed by atoms with E-state index in [4.69, 9.17) is 0 Å². The molecule has 0 aliphatic heterocycles. The molecule has 0 spiro atoms. The SMILES string of the molecule is C=C(C)C(=O)N(CC)CC(F)(F)C(F)(F)C(F)(F)C(F)(F)F.C=C(C)C(=O)N(CCC)CC(F)(F)C(F)(F)C(F)(F)C(F)(F)F.C=C(C)C(=O)N(CCCC)CC(F)(F)C(F)(F)C(F)(F)C(F)(F)F.C=CC(=O)N(CC)CC(F)(F)C(F)(F)C(F)(F)C(F)(F)F.C=CC(=O)N(CCC)CC(F)(F)C(F)(F)C(F)(F)C(F)(F)F.C=CC(=O)N(CCCC)CC(F)(F)C(F)(F)C(F)(F)C(F)(F)F. The van der Waals surface area contributed by atoms with Gasteiger partial charge in [0.2, 0.25) is 35.4 Å². The molecule has 0 N–H and O–H groups in total. The van der Waals surface area contributed by atoms with Crippen LogP contribution in [0.3, 0.4) is 0 Å². The molecule has 0 unspecified atom stereocenters. The number of amides is 6. The summed E-state index contributed by atoms with van der Waals surface area (Å²) >= 11 is 0. The lowest BCUT2D eigenvalue weighted by molar-refractivity contribution is -0.396. The van der Waals surface area contributed by atoms with Crippen molar-refractivity contribution in [2.75, 3.05) is 78.5 Å². The lowest BCUT2D eigenvalue weighted by Gasteiger charge is -2.36. The van der Waals surface area contributed by atoms with Crippen LogP contribution in [-0.4, -0.2) is 287 Å². The number of hydrogen-bond acceptors (Lipinski definition) is 6. The first-order chi connectivity index (χ1) is 59.0. The number of halogens is 54. The summed E-state index contributed by atoms with van der Waals surface area (Å²) in [4.78, 5) is 68.2. The number of rotatable bonds is 42. The Hall–Kier alpha value is -8.52. The Bertz CT molecular complexity index is 3820. The predicted molar refractivity (Wildman–Crippen MR) is 362 cm³/mol. The van der Waals surface area contributed by atoms with Crippen LogP contribution in [0.5, 0.6) is 0 Å². The molecule has 0 aromatic carbocycles. The Morgan fingerprint density at radius 1 is 0.207 bits per heavy atom. The van der Waals surface area contributed by atoms with Crippen molar-refractivity contribution in [2.24, 2.45) is 0 Å². The van der Waals surface area contributed by atoms with Crippen molar-refractivity contribution in [1.29, 1.82) is 0 Å². The molecule has 0 aromatic rings. The van der Waals surface area contributed by atoms with Gasteiger partial charge in [0.05, 0.1) is 39.3 Å². The van der Waals surface area contributed by atoms with E-state index >= 15 is 0 Å². The van der Waals surface area contributed by atoms with Gasteiger partial charge < -0.3 is 29.4 Å². The highest BCUT2D eigenvalue weighted by Gasteiger charge is 2.87. The van der Waals surface area contributed by atoms with Crippen LogP contribution < -0.4 is 0 Å². The van der Waals surface area contributed by atoms with Gasteiger partial charge in [-0.05, 0) is 78.5 Å². The van der Waals surface area contributed by atoms with Crippen LogP contribution in [0, 0.1) is 0 Å². The van der Waals surface area contributed by atoms with E-state index in [0.29, 0.717) is 31.1 Å². The van der Waals surface area contributed by atoms with E-state index in [1.807, 2.05) is 0 Å². The molecule has 0 aromatic heterocycles. The van der Waals surface area contributed by atoms with Crippen molar-refractivity contribution >= 4 is 35.4 Å². The second kappa shape index (κ2) is 47.9. The first-order valence-electron chi connectivity index (χ1n) is 35.8. The molecule has 6 amide bonds. The average Bonchev–Trinajstić information content (AvgIpc) is 0.745. The lowest BCUT2D eigenvalue weighted by Crippen LogP contribution is -2.64. The van der Waals surface area contributed by atoms with Crippen molar-refractivity contribution in [3.63, 3.8) is 0 Å². The van der Waals surface area contributed by atoms with Gasteiger partial charge in [0, 0.05) is 56.0 Å². The fourth-order valence-corrected chi connectivity index (χ4v) is 8.63. The Morgan fingerprint density at radius 3 is 0.511 bits per heavy atom. The van der Waals surface area contributed by atoms with Gasteiger partial charge in [-0.2, -0.15) is 237 Å². The van der Waals surface area contributed by atoms with Gasteiger partial charge in [-0.1, -0.05) is 80.0 Å². The van der Waals surface area contributed by atoms with Crippen molar-refractivity contribution < 1.29 is 266 Å². The van der Waals surface area contributed by atoms with E-state index < -0.39 is 258 Å². The molecule has 0 rings (SSSR count). The van der Waals surface area contributed by atoms with Gasteiger partial charge in [0.1, 0.15) is 0 Å². The first kappa shape index (κ1) is 137. The molecule has 12 nitrogen and oxygen atoms in total. The third-order valence-electron chi connectivity index (χ3n) is 16.3. The van der Waals surface area contributed by atoms with Gasteiger partial charge in [0.15, 0.2) is 0 Å². The quantitative estimate of drug-likeness (QED) is 0.0443. The van der Waals surface area contributed by atoms with E-state index in [0.717, 1.165) is 34.6 Å². The van der Waals surface area contributed by atoms with Crippen LogP contribution in [0.25, 0.3) is 0 Å². The van der Waals surface area contributed by atoms with Gasteiger partial charge in [-0.15, -0.1) is 0 Å². The Morgan fingerprint density at radius 2 is 0.348 bits per heavy atom. The zero-order chi connectivity index (χ0) is 111. The van der Waals surface area contributed by atoms with Crippen LogP contribution in [0.15, 0.2) is 74.4 Å². The summed E-state index contributed by atoms with van der Waals surface area (Å²) in [5.41, 5.74) is -1.09. The smallest absolute Gasteiger partial charge is 0.333 e. The maximum Gasteiger partial charge on any atom is 0.460 e. The molecule has 0 atom stereocenters. The van der Waals surface area contributed by atoms with Gasteiger partial charge in [-0.25, -0.2) is 0 Å². The highest BCUT2D eigenvalue weighted by Crippen LogP contribution is 2.60. The number of likely N-dealkylation sites (N-methyl/N-ethyl adjacent to an activating group) is 2. The minimum Gasteiger partial charge on any atom is -0.333 e. The maximum absolute atomic E-state index is 13.6. The summed E-state index contributed by atoms with van der Waals surface area (Å²) < 4.78 is 685. The van der Waals surface area contributed by atoms with Crippen LogP contribution in [0.4, 0.5) is 237 Å². The second-order valence-electron chi connectivity index (χ2n) is 27.4. The molecule has 0 bridgehead atoms. The average molecular weight is 2110 g/mol. The minimum atomic E-state index is -6.97. The summed E-state index contributed by atoms with van der Waals surface area (Å²) in [6.45, 7) is 11.8. The summed E-state index contributed by atoms with van der Waals surface area (Å²) in [6.07, 6.45) is -39.2. The standard InChI is InChI=1S/C13H16F9NO.2C12H14F9NO.2C11H12F9NO.C10H10F9NO/c1-4-5-6-23(9(24)8(2)3)7-10(14,15)11(16,17)12(18,19)13(20,21)22;1-4-5-22(8(23)7(2)3)6-9(13,14)10(15,16)11(17,18)12(19,20)21;1-3-5-6-22(8(23)4-2)7-9(13,14)10(15,16)11(17,18)12(19,20)21;1-4-21(7(22)6(2)3)5-8(12,13)9(14,15)10(16,17)11(18,19)20;1-3-5-21(7(22)4-2)6-8(12,13)9(14,15)10(16,17)11(18,19)20;1-3-6(21)20(4-2)5-7(11,12)8(13,14)9(15,16)10(17,18)19/h2,4-7H2,1,3H3;2,4-6H2,1,3H3;4H,2-3,5-7H2,1H3;2,4-5H2,1,3H3;4H,2-3,5-6H2,1H3;3H,1,4-5H2,2H3. The monoisotopic (exact) mass is 2110 g/mol. The van der Waals surface area contributed by atoms with E-state index in [2.05, 4.69) is 39.5 Å². The molecule has 0 saturated heterocycles. The van der Waals surface area contributed by atoms with E-state index in [1.165, 1.54) is 13.8 Å². The van der Waals surface area contributed by atoms with Gasteiger partial charge in [-0.3, -0.25) is 28.8 Å². The third-order valence-corrected chi connectivity index (χ3v) is 16.3. The molecule has 66 heteroatoms. The van der Waals surface area contributed by atoms with Crippen LogP contribution >= 0.6 is 0 Å². The van der Waals surface area contributed by atoms with Crippen LogP contribution in [0.1, 0.15) is 101 Å². The van der Waals surface area contributed by atoms with Crippen LogP contribution in [-0.2, 0) is 28.8 Å². The Labute approximate surface area is 727 Å². The normalized spacial score (nSPS) is 13.9. The van der Waals surface area contributed by atoms with E-state index in [-0.39, 0.29) is 71.8 Å². The zero-order valence-electron chi connectivity index (χ0n) is 69.7. The first-order valence-corrected chi connectivity index (χ1v) is 35.8. The number of carbonyl (C=O) groups excluding carboxylic acids is 6. The van der Waals surface area contributed by atoms with Crippen molar-refractivity contribution in [2.45, 2.75) is 245 Å². The molecule has 0 fully saturated rings. The lowest BCUT2D eigenvalue weighted by atomic mass is 10.0. The number of hydrogen-bond donors (Lipinski definition) is 0. The summed E-state index contributed by atoms with van der Waals surface area (Å²) in [5, 5.41) is 0. The maximum atomic E-state index is 13.6. The molecule has 0 saturated carbocycles. The van der Waals surface area contributed by atoms with E-state index in [9.17, 15) is 266 Å². The Kier molecular flexibility index (Phi) is 48.7. The van der Waals surface area contributed by atoms with E-state index in [1.54, 1.807) is 13.8 Å². The molecule has 0 aliphatic rings. The Balaban J connectivity index is -0.000000370. The molecule has 0 heterocycles. The van der Waals surface area contributed by atoms with Crippen LogP contribution in [0.2, 0.25) is 0 Å². The number of alkyl halides is 54. The number of nitrogens with zero attached hydrogens (tertiary/aromatic N) is 6. The molecule has 798 valence electrons. The van der Waals surface area contributed by atoms with Gasteiger partial charge in [0.25, 0.3) is 0 Å². The molecule has 0 aliphatic carbocycles. The predicted octanol–water partition coefficient (Wildman–Crippen LogP) is 24.4. The summed E-state index contributed by atoms with van der Waals surface area (Å²) in [7, 11) is 0. The second-order valence-corrected chi connectivity index (χ2v) is 27.4. The molecule has 0 radical (unpaired) electrons. The fraction of sp³-hybridized carbons (Fsp3) is 0.739. The minimum absolute atomic E-state index is 0.00268.